The highest BCUT2D eigenvalue weighted by atomic mass is 19.1. The lowest BCUT2D eigenvalue weighted by molar-refractivity contribution is -0.131. The van der Waals surface area contributed by atoms with Crippen molar-refractivity contribution in [2.24, 2.45) is 11.8 Å². The molecule has 0 saturated carbocycles. The van der Waals surface area contributed by atoms with Gasteiger partial charge in [-0.2, -0.15) is 0 Å². The Labute approximate surface area is 166 Å². The summed E-state index contributed by atoms with van der Waals surface area (Å²) in [5.74, 6) is 0.178. The molecule has 0 spiro atoms. The molecule has 0 N–H and O–H groups in total. The lowest BCUT2D eigenvalue weighted by Gasteiger charge is -2.24. The van der Waals surface area contributed by atoms with Crippen molar-refractivity contribution in [2.75, 3.05) is 41.3 Å². The third-order valence-electron chi connectivity index (χ3n) is 5.95. The van der Waals surface area contributed by atoms with Crippen LogP contribution in [0.4, 0.5) is 4.39 Å². The van der Waals surface area contributed by atoms with Crippen molar-refractivity contribution in [1.29, 1.82) is 0 Å². The Bertz CT molecular complexity index is 707. The van der Waals surface area contributed by atoms with E-state index in [0.717, 1.165) is 12.1 Å². The molecule has 4 atom stereocenters. The molecule has 7 heteroatoms. The van der Waals surface area contributed by atoms with Crippen molar-refractivity contribution in [3.63, 3.8) is 0 Å². The highest BCUT2D eigenvalue weighted by molar-refractivity contribution is 5.77. The molecule has 0 bridgehead atoms. The van der Waals surface area contributed by atoms with E-state index in [9.17, 15) is 14.0 Å². The maximum atomic E-state index is 13.2. The first-order valence-corrected chi connectivity index (χ1v) is 9.76. The minimum absolute atomic E-state index is 0.0420. The number of benzene rings is 1. The number of fused-ring (bicyclic) bond motifs is 1. The van der Waals surface area contributed by atoms with Crippen molar-refractivity contribution >= 4 is 11.8 Å². The second-order valence-corrected chi connectivity index (χ2v) is 8.32. The fourth-order valence-electron chi connectivity index (χ4n) is 4.38. The topological polar surface area (TPSA) is 53.1 Å². The third kappa shape index (κ3) is 4.52. The molecule has 28 heavy (non-hydrogen) atoms. The monoisotopic (exact) mass is 391 g/mol. The second-order valence-electron chi connectivity index (χ2n) is 8.32. The van der Waals surface area contributed by atoms with E-state index in [1.165, 1.54) is 12.1 Å². The van der Waals surface area contributed by atoms with E-state index in [4.69, 9.17) is 4.74 Å². The Morgan fingerprint density at radius 2 is 1.68 bits per heavy atom. The highest BCUT2D eigenvalue weighted by Crippen LogP contribution is 2.42. The summed E-state index contributed by atoms with van der Waals surface area (Å²) in [4.78, 5) is 30.2. The Balaban J connectivity index is 1.76. The van der Waals surface area contributed by atoms with Crippen LogP contribution in [0.1, 0.15) is 18.4 Å². The largest absolute Gasteiger partial charge is 0.376 e. The molecule has 2 aliphatic heterocycles. The van der Waals surface area contributed by atoms with Crippen molar-refractivity contribution < 1.29 is 18.7 Å². The number of halogens is 1. The number of nitrogens with zero attached hydrogens (tertiary/aromatic N) is 3. The number of rotatable bonds is 6. The van der Waals surface area contributed by atoms with Crippen molar-refractivity contribution in [2.45, 2.75) is 31.5 Å². The molecule has 2 fully saturated rings. The molecule has 0 aliphatic carbocycles. The summed E-state index contributed by atoms with van der Waals surface area (Å²) in [7, 11) is 7.03. The van der Waals surface area contributed by atoms with E-state index in [0.29, 0.717) is 26.0 Å². The summed E-state index contributed by atoms with van der Waals surface area (Å²) in [5.41, 5.74) is 1.03. The summed E-state index contributed by atoms with van der Waals surface area (Å²) in [6.07, 6.45) is 0.619. The van der Waals surface area contributed by atoms with Crippen LogP contribution in [-0.2, 0) is 20.9 Å². The Morgan fingerprint density at radius 1 is 1.07 bits per heavy atom. The first-order chi connectivity index (χ1) is 13.3. The zero-order valence-corrected chi connectivity index (χ0v) is 17.1. The minimum atomic E-state index is -0.246. The van der Waals surface area contributed by atoms with Crippen LogP contribution >= 0.6 is 0 Å². The van der Waals surface area contributed by atoms with Gasteiger partial charge in [0.05, 0.1) is 19.1 Å². The predicted molar refractivity (Wildman–Crippen MR) is 104 cm³/mol. The average Bonchev–Trinajstić information content (AvgIpc) is 3.19. The van der Waals surface area contributed by atoms with E-state index in [-0.39, 0.29) is 41.6 Å². The van der Waals surface area contributed by atoms with Crippen LogP contribution in [0, 0.1) is 17.7 Å². The zero-order chi connectivity index (χ0) is 20.4. The van der Waals surface area contributed by atoms with Crippen LogP contribution in [-0.4, -0.2) is 80.0 Å². The summed E-state index contributed by atoms with van der Waals surface area (Å²) >= 11 is 0. The second kappa shape index (κ2) is 8.57. The van der Waals surface area contributed by atoms with Crippen LogP contribution in [0.5, 0.6) is 0 Å². The summed E-state index contributed by atoms with van der Waals surface area (Å²) < 4.78 is 19.2. The zero-order valence-electron chi connectivity index (χ0n) is 17.1. The quantitative estimate of drug-likeness (QED) is 0.739. The SMILES string of the molecule is CN(C)C(=O)C[C@@H]1CN(Cc2ccc(F)cc2)[C@@H]2CO[C@@H](CC(=O)N(C)C)[C@H]12. The van der Waals surface area contributed by atoms with E-state index >= 15 is 0 Å². The molecule has 154 valence electrons. The molecule has 3 rings (SSSR count). The first-order valence-electron chi connectivity index (χ1n) is 9.76. The average molecular weight is 391 g/mol. The smallest absolute Gasteiger partial charge is 0.224 e. The molecule has 6 nitrogen and oxygen atoms in total. The fourth-order valence-corrected chi connectivity index (χ4v) is 4.38. The lowest BCUT2D eigenvalue weighted by Crippen LogP contribution is -2.35. The molecule has 1 aromatic carbocycles. The van der Waals surface area contributed by atoms with Gasteiger partial charge in [0.1, 0.15) is 5.82 Å². The van der Waals surface area contributed by atoms with Crippen LogP contribution in [0.2, 0.25) is 0 Å². The highest BCUT2D eigenvalue weighted by Gasteiger charge is 2.51. The summed E-state index contributed by atoms with van der Waals surface area (Å²) in [6, 6.07) is 6.71. The number of hydrogen-bond acceptors (Lipinski definition) is 4. The van der Waals surface area contributed by atoms with Gasteiger partial charge in [-0.1, -0.05) is 12.1 Å². The molecular formula is C21H30FN3O3. The normalized spacial score (nSPS) is 26.9. The molecule has 2 amide bonds. The van der Waals surface area contributed by atoms with Gasteiger partial charge >= 0.3 is 0 Å². The van der Waals surface area contributed by atoms with Gasteiger partial charge in [-0.3, -0.25) is 14.5 Å². The first kappa shape index (κ1) is 20.7. The Kier molecular flexibility index (Phi) is 6.35. The van der Waals surface area contributed by atoms with Gasteiger partial charge in [0.2, 0.25) is 11.8 Å². The van der Waals surface area contributed by atoms with Crippen LogP contribution in [0.3, 0.4) is 0 Å². The molecule has 0 unspecified atom stereocenters. The maximum absolute atomic E-state index is 13.2. The Morgan fingerprint density at radius 3 is 2.29 bits per heavy atom. The number of amides is 2. The standard InChI is InChI=1S/C21H30FN3O3/c1-23(2)19(26)9-15-12-25(11-14-5-7-16(22)8-6-14)17-13-28-18(21(15)17)10-20(27)24(3)4/h5-8,15,17-18,21H,9-13H2,1-4H3/t15-,17-,18+,21-/m1/s1. The van der Waals surface area contributed by atoms with Crippen molar-refractivity contribution in [1.82, 2.24) is 14.7 Å². The van der Waals surface area contributed by atoms with Crippen LogP contribution in [0.15, 0.2) is 24.3 Å². The maximum Gasteiger partial charge on any atom is 0.224 e. The number of carbonyl (C=O) groups excluding carboxylic acids is 2. The molecule has 0 radical (unpaired) electrons. The van der Waals surface area contributed by atoms with Gasteiger partial charge in [0.25, 0.3) is 0 Å². The number of hydrogen-bond donors (Lipinski definition) is 0. The lowest BCUT2D eigenvalue weighted by atomic mass is 9.84. The van der Waals surface area contributed by atoms with Gasteiger partial charge in [-0.05, 0) is 23.6 Å². The van der Waals surface area contributed by atoms with Gasteiger partial charge in [-0.25, -0.2) is 4.39 Å². The number of likely N-dealkylation sites (tertiary alicyclic amines) is 1. The van der Waals surface area contributed by atoms with E-state index in [1.807, 2.05) is 0 Å². The minimum Gasteiger partial charge on any atom is -0.376 e. The molecule has 2 aliphatic rings. The van der Waals surface area contributed by atoms with Gasteiger partial charge in [0, 0.05) is 59.7 Å². The summed E-state index contributed by atoms with van der Waals surface area (Å²) in [5, 5.41) is 0. The van der Waals surface area contributed by atoms with Gasteiger partial charge in [-0.15, -0.1) is 0 Å². The molecule has 2 saturated heterocycles. The Hall–Kier alpha value is -1.99. The van der Waals surface area contributed by atoms with Crippen LogP contribution in [0.25, 0.3) is 0 Å². The molecule has 1 aromatic rings. The number of ether oxygens (including phenoxy) is 1. The van der Waals surface area contributed by atoms with Gasteiger partial charge in [0.15, 0.2) is 0 Å². The van der Waals surface area contributed by atoms with Crippen molar-refractivity contribution in [3.05, 3.63) is 35.6 Å². The number of carbonyl (C=O) groups is 2. The molecular weight excluding hydrogens is 361 g/mol. The third-order valence-corrected chi connectivity index (χ3v) is 5.95. The van der Waals surface area contributed by atoms with E-state index < -0.39 is 0 Å². The van der Waals surface area contributed by atoms with Crippen molar-refractivity contribution in [3.8, 4) is 0 Å². The van der Waals surface area contributed by atoms with Gasteiger partial charge < -0.3 is 14.5 Å². The molecule has 2 heterocycles. The molecule has 0 aromatic heterocycles. The van der Waals surface area contributed by atoms with E-state index in [2.05, 4.69) is 4.90 Å². The predicted octanol–water partition coefficient (Wildman–Crippen LogP) is 1.60. The summed E-state index contributed by atoms with van der Waals surface area (Å²) in [6.45, 7) is 2.03. The van der Waals surface area contributed by atoms with E-state index in [1.54, 1.807) is 50.1 Å². The van der Waals surface area contributed by atoms with Crippen LogP contribution < -0.4 is 0 Å². The fraction of sp³-hybridized carbons (Fsp3) is 0.619.